The average Bonchev–Trinajstić information content (AvgIpc) is 3.14. The van der Waals surface area contributed by atoms with Crippen molar-refractivity contribution in [3.05, 3.63) is 0 Å². The van der Waals surface area contributed by atoms with Crippen molar-refractivity contribution >= 4 is 5.97 Å². The highest BCUT2D eigenvalue weighted by Crippen LogP contribution is 2.55. The van der Waals surface area contributed by atoms with E-state index in [0.29, 0.717) is 36.0 Å². The zero-order valence-corrected chi connectivity index (χ0v) is 18.0. The first-order valence-corrected chi connectivity index (χ1v) is 11.4. The first kappa shape index (κ1) is 22.0. The van der Waals surface area contributed by atoms with E-state index in [-0.39, 0.29) is 12.2 Å². The monoisotopic (exact) mass is 396 g/mol. The summed E-state index contributed by atoms with van der Waals surface area (Å²) >= 11 is 0. The quantitative estimate of drug-likeness (QED) is 0.626. The second kappa shape index (κ2) is 10.4. The number of hydrogen-bond donors (Lipinski definition) is 1. The first-order valence-electron chi connectivity index (χ1n) is 11.4. The molecule has 0 radical (unpaired) electrons. The highest BCUT2D eigenvalue weighted by Gasteiger charge is 2.51. The minimum absolute atomic E-state index is 0.243. The molecule has 0 aromatic heterocycles. The molecule has 6 atom stereocenters. The Morgan fingerprint density at radius 2 is 1.64 bits per heavy atom. The van der Waals surface area contributed by atoms with Gasteiger partial charge in [-0.15, -0.1) is 0 Å². The zero-order valence-electron chi connectivity index (χ0n) is 18.0. The van der Waals surface area contributed by atoms with Crippen LogP contribution in [0.1, 0.15) is 64.7 Å². The molecule has 0 amide bonds. The van der Waals surface area contributed by atoms with Gasteiger partial charge < -0.3 is 19.3 Å². The molecule has 0 spiro atoms. The lowest BCUT2D eigenvalue weighted by atomic mass is 9.64. The van der Waals surface area contributed by atoms with Crippen molar-refractivity contribution in [2.45, 2.75) is 76.9 Å². The Morgan fingerprint density at radius 3 is 2.25 bits per heavy atom. The van der Waals surface area contributed by atoms with Crippen LogP contribution >= 0.6 is 0 Å². The van der Waals surface area contributed by atoms with E-state index in [1.165, 1.54) is 32.1 Å². The van der Waals surface area contributed by atoms with Gasteiger partial charge in [0, 0.05) is 39.8 Å². The van der Waals surface area contributed by atoms with Gasteiger partial charge >= 0.3 is 5.97 Å². The predicted octanol–water partition coefficient (Wildman–Crippen LogP) is 4.39. The molecule has 0 aromatic carbocycles. The average molecular weight is 397 g/mol. The van der Waals surface area contributed by atoms with Crippen LogP contribution in [0.5, 0.6) is 0 Å². The first-order chi connectivity index (χ1) is 13.6. The van der Waals surface area contributed by atoms with E-state index in [0.717, 1.165) is 38.4 Å². The van der Waals surface area contributed by atoms with Gasteiger partial charge in [0.25, 0.3) is 0 Å². The van der Waals surface area contributed by atoms with Gasteiger partial charge in [0.15, 0.2) is 0 Å². The summed E-state index contributed by atoms with van der Waals surface area (Å²) in [6.07, 6.45) is 10.1. The van der Waals surface area contributed by atoms with E-state index in [1.807, 2.05) is 14.2 Å². The van der Waals surface area contributed by atoms with Crippen LogP contribution in [0.25, 0.3) is 0 Å². The van der Waals surface area contributed by atoms with Crippen molar-refractivity contribution < 1.29 is 24.1 Å². The normalized spacial score (nSPS) is 41.0. The van der Waals surface area contributed by atoms with Gasteiger partial charge in [-0.3, -0.25) is 4.79 Å². The van der Waals surface area contributed by atoms with E-state index in [4.69, 9.17) is 19.3 Å². The Hall–Kier alpha value is -0.650. The summed E-state index contributed by atoms with van der Waals surface area (Å²) in [6, 6.07) is 0. The third-order valence-corrected chi connectivity index (χ3v) is 8.03. The fourth-order valence-corrected chi connectivity index (χ4v) is 6.90. The van der Waals surface area contributed by atoms with Crippen LogP contribution in [-0.4, -0.2) is 50.7 Å². The van der Waals surface area contributed by atoms with Crippen LogP contribution in [-0.2, 0) is 19.0 Å². The summed E-state index contributed by atoms with van der Waals surface area (Å²) < 4.78 is 17.8. The molecule has 5 heteroatoms. The number of hydrogen-bond acceptors (Lipinski definition) is 4. The smallest absolute Gasteiger partial charge is 0.303 e. The van der Waals surface area contributed by atoms with Crippen LogP contribution in [0.2, 0.25) is 0 Å². The van der Waals surface area contributed by atoms with Crippen molar-refractivity contribution in [2.24, 2.45) is 35.5 Å². The summed E-state index contributed by atoms with van der Waals surface area (Å²) in [6.45, 7) is 3.62. The molecule has 1 N–H and O–H groups in total. The van der Waals surface area contributed by atoms with Gasteiger partial charge in [0.05, 0.1) is 12.2 Å². The SMILES string of the molecule is CCOCC1CC(OC)C(C2CCC3C(CCC(=O)O)CCCC32)C(OC)C1. The van der Waals surface area contributed by atoms with Crippen molar-refractivity contribution in [1.82, 2.24) is 0 Å². The Kier molecular flexibility index (Phi) is 8.19. The molecule has 0 heterocycles. The molecule has 28 heavy (non-hydrogen) atoms. The van der Waals surface area contributed by atoms with E-state index >= 15 is 0 Å². The van der Waals surface area contributed by atoms with E-state index in [2.05, 4.69) is 6.92 Å². The maximum Gasteiger partial charge on any atom is 0.303 e. The highest BCUT2D eigenvalue weighted by molar-refractivity contribution is 5.66. The molecular weight excluding hydrogens is 356 g/mol. The Labute approximate surface area is 170 Å². The van der Waals surface area contributed by atoms with Gasteiger partial charge in [0.2, 0.25) is 0 Å². The van der Waals surface area contributed by atoms with Crippen molar-refractivity contribution in [3.63, 3.8) is 0 Å². The summed E-state index contributed by atoms with van der Waals surface area (Å²) in [5, 5.41) is 9.12. The van der Waals surface area contributed by atoms with E-state index in [9.17, 15) is 4.79 Å². The zero-order chi connectivity index (χ0) is 20.1. The third kappa shape index (κ3) is 4.91. The second-order valence-corrected chi connectivity index (χ2v) is 9.31. The van der Waals surface area contributed by atoms with Gasteiger partial charge in [-0.25, -0.2) is 0 Å². The number of carboxylic acid groups (broad SMARTS) is 1. The van der Waals surface area contributed by atoms with Crippen LogP contribution in [0, 0.1) is 35.5 Å². The molecule has 3 rings (SSSR count). The number of fused-ring (bicyclic) bond motifs is 1. The number of methoxy groups -OCH3 is 2. The lowest BCUT2D eigenvalue weighted by molar-refractivity contribution is -0.137. The fourth-order valence-electron chi connectivity index (χ4n) is 6.90. The molecule has 3 aliphatic rings. The maximum atomic E-state index is 11.1. The summed E-state index contributed by atoms with van der Waals surface area (Å²) in [5.74, 6) is 2.99. The highest BCUT2D eigenvalue weighted by atomic mass is 16.5. The van der Waals surface area contributed by atoms with Crippen LogP contribution < -0.4 is 0 Å². The van der Waals surface area contributed by atoms with E-state index < -0.39 is 5.97 Å². The lowest BCUT2D eigenvalue weighted by Crippen LogP contribution is -2.48. The minimum atomic E-state index is -0.650. The predicted molar refractivity (Wildman–Crippen MR) is 108 cm³/mol. The molecule has 3 fully saturated rings. The molecular formula is C23H40O5. The number of rotatable bonds is 9. The van der Waals surface area contributed by atoms with Gasteiger partial charge in [-0.05, 0) is 75.0 Å². The van der Waals surface area contributed by atoms with Crippen LogP contribution in [0.15, 0.2) is 0 Å². The molecule has 162 valence electrons. The molecule has 0 saturated heterocycles. The largest absolute Gasteiger partial charge is 0.481 e. The van der Waals surface area contributed by atoms with Crippen molar-refractivity contribution in [3.8, 4) is 0 Å². The molecule has 0 aromatic rings. The molecule has 5 nitrogen and oxygen atoms in total. The third-order valence-electron chi connectivity index (χ3n) is 8.03. The second-order valence-electron chi connectivity index (χ2n) is 9.31. The van der Waals surface area contributed by atoms with Crippen molar-refractivity contribution in [2.75, 3.05) is 27.4 Å². The lowest BCUT2D eigenvalue weighted by Gasteiger charge is -2.46. The Bertz CT molecular complexity index is 481. The Balaban J connectivity index is 1.69. The molecule has 6 unspecified atom stereocenters. The van der Waals surface area contributed by atoms with Crippen molar-refractivity contribution in [1.29, 1.82) is 0 Å². The topological polar surface area (TPSA) is 65.0 Å². The summed E-state index contributed by atoms with van der Waals surface area (Å²) in [4.78, 5) is 11.1. The van der Waals surface area contributed by atoms with Gasteiger partial charge in [-0.2, -0.15) is 0 Å². The standard InChI is InChI=1S/C23H40O5/c1-4-28-14-15-12-20(26-2)23(21(13-15)27-3)19-10-9-17-16(8-11-22(24)25)6-5-7-18(17)19/h15-21,23H,4-14H2,1-3H3,(H,24,25). The summed E-state index contributed by atoms with van der Waals surface area (Å²) in [7, 11) is 3.72. The minimum Gasteiger partial charge on any atom is -0.481 e. The van der Waals surface area contributed by atoms with Crippen LogP contribution in [0.3, 0.4) is 0 Å². The number of ether oxygens (including phenoxy) is 3. The van der Waals surface area contributed by atoms with E-state index in [1.54, 1.807) is 0 Å². The molecule has 3 saturated carbocycles. The summed E-state index contributed by atoms with van der Waals surface area (Å²) in [5.41, 5.74) is 0. The van der Waals surface area contributed by atoms with Gasteiger partial charge in [-0.1, -0.05) is 12.8 Å². The van der Waals surface area contributed by atoms with Gasteiger partial charge in [0.1, 0.15) is 0 Å². The number of carbonyl (C=O) groups is 1. The molecule has 3 aliphatic carbocycles. The maximum absolute atomic E-state index is 11.1. The molecule has 0 aliphatic heterocycles. The number of aliphatic carboxylic acids is 1. The number of carboxylic acids is 1. The Morgan fingerprint density at radius 1 is 0.964 bits per heavy atom. The fraction of sp³-hybridized carbons (Fsp3) is 0.957. The molecule has 0 bridgehead atoms. The van der Waals surface area contributed by atoms with Crippen LogP contribution in [0.4, 0.5) is 0 Å².